The fourth-order valence-electron chi connectivity index (χ4n) is 5.68. The van der Waals surface area contributed by atoms with Gasteiger partial charge in [-0.05, 0) is 97.4 Å². The van der Waals surface area contributed by atoms with Crippen LogP contribution in [0.2, 0.25) is 0 Å². The number of hydrogen-bond acceptors (Lipinski definition) is 1. The SMILES string of the molecule is CC1(C)c2cc(-c3ccccc3)cc3ccc4cc(-c5ccc6ncccc6c5)cc1c4c23. The number of aromatic nitrogens is 1. The third-order valence-corrected chi connectivity index (χ3v) is 7.42. The van der Waals surface area contributed by atoms with E-state index in [-0.39, 0.29) is 5.41 Å². The van der Waals surface area contributed by atoms with Crippen LogP contribution in [0.25, 0.3) is 54.7 Å². The van der Waals surface area contributed by atoms with Crippen molar-refractivity contribution in [2.24, 2.45) is 0 Å². The standard InChI is InChI=1S/C32H23N/c1-32(2)27-18-25(20-7-4-3-5-8-20)16-23-10-11-24-17-26(19-28(32)31(24)30(23)27)21-12-13-29-22(15-21)9-6-14-33-29/h3-19H,1-2H3. The lowest BCUT2D eigenvalue weighted by Crippen LogP contribution is -2.15. The average Bonchev–Trinajstić information content (AvgIpc) is 3.10. The summed E-state index contributed by atoms with van der Waals surface area (Å²) < 4.78 is 0. The Hall–Kier alpha value is -3.97. The summed E-state index contributed by atoms with van der Waals surface area (Å²) in [6, 6.07) is 35.6. The van der Waals surface area contributed by atoms with Gasteiger partial charge >= 0.3 is 0 Å². The largest absolute Gasteiger partial charge is 0.256 e. The van der Waals surface area contributed by atoms with Crippen molar-refractivity contribution in [1.29, 1.82) is 0 Å². The van der Waals surface area contributed by atoms with Crippen LogP contribution in [-0.4, -0.2) is 4.98 Å². The van der Waals surface area contributed by atoms with Gasteiger partial charge in [0.25, 0.3) is 0 Å². The molecule has 33 heavy (non-hydrogen) atoms. The molecule has 1 heterocycles. The molecule has 1 aromatic heterocycles. The van der Waals surface area contributed by atoms with Crippen LogP contribution in [0.15, 0.2) is 103 Å². The van der Waals surface area contributed by atoms with Crippen molar-refractivity contribution in [2.75, 3.05) is 0 Å². The molecule has 0 radical (unpaired) electrons. The molecule has 6 aromatic rings. The van der Waals surface area contributed by atoms with Crippen molar-refractivity contribution < 1.29 is 0 Å². The predicted molar refractivity (Wildman–Crippen MR) is 140 cm³/mol. The average molecular weight is 422 g/mol. The van der Waals surface area contributed by atoms with Crippen LogP contribution in [0, 0.1) is 0 Å². The van der Waals surface area contributed by atoms with Gasteiger partial charge in [-0.25, -0.2) is 0 Å². The van der Waals surface area contributed by atoms with E-state index in [1.54, 1.807) is 0 Å². The van der Waals surface area contributed by atoms with Crippen LogP contribution >= 0.6 is 0 Å². The molecule has 1 aliphatic carbocycles. The minimum absolute atomic E-state index is 0.0562. The maximum absolute atomic E-state index is 4.49. The Labute approximate surface area is 193 Å². The molecule has 0 saturated carbocycles. The second-order valence-electron chi connectivity index (χ2n) is 9.71. The molecular weight excluding hydrogens is 398 g/mol. The Morgan fingerprint density at radius 1 is 0.515 bits per heavy atom. The Bertz CT molecular complexity index is 1730. The maximum Gasteiger partial charge on any atom is 0.0702 e. The third-order valence-electron chi connectivity index (χ3n) is 7.42. The zero-order chi connectivity index (χ0) is 22.2. The van der Waals surface area contributed by atoms with Gasteiger partial charge in [0.2, 0.25) is 0 Å². The van der Waals surface area contributed by atoms with E-state index >= 15 is 0 Å². The van der Waals surface area contributed by atoms with Gasteiger partial charge in [0.05, 0.1) is 5.52 Å². The summed E-state index contributed by atoms with van der Waals surface area (Å²) >= 11 is 0. The molecule has 1 heteroatoms. The topological polar surface area (TPSA) is 12.9 Å². The normalized spacial score (nSPS) is 14.0. The molecule has 0 amide bonds. The minimum Gasteiger partial charge on any atom is -0.256 e. The van der Waals surface area contributed by atoms with Crippen LogP contribution in [0.1, 0.15) is 25.0 Å². The molecule has 156 valence electrons. The second kappa shape index (κ2) is 6.52. The molecule has 0 saturated heterocycles. The van der Waals surface area contributed by atoms with E-state index in [4.69, 9.17) is 0 Å². The third kappa shape index (κ3) is 2.63. The first kappa shape index (κ1) is 18.6. The summed E-state index contributed by atoms with van der Waals surface area (Å²) in [6.45, 7) is 4.75. The van der Waals surface area contributed by atoms with Gasteiger partial charge in [-0.15, -0.1) is 0 Å². The number of benzene rings is 5. The van der Waals surface area contributed by atoms with Crippen molar-refractivity contribution in [3.8, 4) is 22.3 Å². The molecule has 0 bridgehead atoms. The number of fused-ring (bicyclic) bond motifs is 1. The van der Waals surface area contributed by atoms with Crippen LogP contribution in [0.5, 0.6) is 0 Å². The first-order valence-electron chi connectivity index (χ1n) is 11.6. The Kier molecular flexibility index (Phi) is 3.67. The molecule has 0 spiro atoms. The highest BCUT2D eigenvalue weighted by Crippen LogP contribution is 2.51. The number of hydrogen-bond donors (Lipinski definition) is 0. The van der Waals surface area contributed by atoms with Gasteiger partial charge in [0.15, 0.2) is 0 Å². The molecule has 1 nitrogen and oxygen atoms in total. The van der Waals surface area contributed by atoms with Crippen LogP contribution in [0.4, 0.5) is 0 Å². The fraction of sp³-hybridized carbons (Fsp3) is 0.0938. The van der Waals surface area contributed by atoms with Crippen LogP contribution in [0.3, 0.4) is 0 Å². The first-order chi connectivity index (χ1) is 16.1. The molecule has 0 unspecified atom stereocenters. The van der Waals surface area contributed by atoms with Crippen LogP contribution in [-0.2, 0) is 5.41 Å². The van der Waals surface area contributed by atoms with E-state index < -0.39 is 0 Å². The van der Waals surface area contributed by atoms with E-state index in [9.17, 15) is 0 Å². The van der Waals surface area contributed by atoms with Crippen molar-refractivity contribution >= 4 is 32.4 Å². The van der Waals surface area contributed by atoms with Gasteiger partial charge in [-0.1, -0.05) is 68.4 Å². The first-order valence-corrected chi connectivity index (χ1v) is 11.6. The van der Waals surface area contributed by atoms with Gasteiger partial charge in [0, 0.05) is 17.0 Å². The van der Waals surface area contributed by atoms with Crippen molar-refractivity contribution in [3.63, 3.8) is 0 Å². The second-order valence-corrected chi connectivity index (χ2v) is 9.71. The zero-order valence-corrected chi connectivity index (χ0v) is 18.8. The monoisotopic (exact) mass is 421 g/mol. The highest BCUT2D eigenvalue weighted by molar-refractivity contribution is 6.16. The van der Waals surface area contributed by atoms with Gasteiger partial charge in [0.1, 0.15) is 0 Å². The van der Waals surface area contributed by atoms with E-state index in [1.807, 2.05) is 12.3 Å². The molecule has 1 aliphatic rings. The van der Waals surface area contributed by atoms with Gasteiger partial charge < -0.3 is 0 Å². The summed E-state index contributed by atoms with van der Waals surface area (Å²) in [5.74, 6) is 0. The van der Waals surface area contributed by atoms with E-state index in [2.05, 4.69) is 110 Å². The number of nitrogens with zero attached hydrogens (tertiary/aromatic N) is 1. The maximum atomic E-state index is 4.49. The molecule has 7 rings (SSSR count). The zero-order valence-electron chi connectivity index (χ0n) is 18.8. The van der Waals surface area contributed by atoms with Gasteiger partial charge in [-0.2, -0.15) is 0 Å². The lowest BCUT2D eigenvalue weighted by Gasteiger charge is -2.23. The molecular formula is C32H23N. The fourth-order valence-corrected chi connectivity index (χ4v) is 5.68. The molecule has 0 fully saturated rings. The van der Waals surface area contributed by atoms with E-state index in [1.165, 1.54) is 60.3 Å². The summed E-state index contributed by atoms with van der Waals surface area (Å²) in [5.41, 5.74) is 8.91. The van der Waals surface area contributed by atoms with Crippen LogP contribution < -0.4 is 0 Å². The summed E-state index contributed by atoms with van der Waals surface area (Å²) in [4.78, 5) is 4.49. The summed E-state index contributed by atoms with van der Waals surface area (Å²) in [5, 5.41) is 6.66. The smallest absolute Gasteiger partial charge is 0.0702 e. The Morgan fingerprint density at radius 2 is 1.15 bits per heavy atom. The van der Waals surface area contributed by atoms with Crippen molar-refractivity contribution in [1.82, 2.24) is 4.98 Å². The number of rotatable bonds is 2. The predicted octanol–water partition coefficient (Wildman–Crippen LogP) is 8.51. The van der Waals surface area contributed by atoms with E-state index in [0.717, 1.165) is 5.52 Å². The summed E-state index contributed by atoms with van der Waals surface area (Å²) in [7, 11) is 0. The van der Waals surface area contributed by atoms with E-state index in [0.29, 0.717) is 0 Å². The minimum atomic E-state index is -0.0562. The molecule has 0 aliphatic heterocycles. The molecule has 5 aromatic carbocycles. The highest BCUT2D eigenvalue weighted by atomic mass is 14.6. The lowest BCUT2D eigenvalue weighted by atomic mass is 9.80. The molecule has 0 atom stereocenters. The van der Waals surface area contributed by atoms with Crippen molar-refractivity contribution in [3.05, 3.63) is 114 Å². The lowest BCUT2D eigenvalue weighted by molar-refractivity contribution is 0.663. The Morgan fingerprint density at radius 3 is 1.85 bits per heavy atom. The number of pyridine rings is 1. The highest BCUT2D eigenvalue weighted by Gasteiger charge is 2.34. The quantitative estimate of drug-likeness (QED) is 0.255. The van der Waals surface area contributed by atoms with Gasteiger partial charge in [-0.3, -0.25) is 4.98 Å². The summed E-state index contributed by atoms with van der Waals surface area (Å²) in [6.07, 6.45) is 1.85. The Balaban J connectivity index is 1.48. The molecule has 0 N–H and O–H groups in total. The van der Waals surface area contributed by atoms with Crippen molar-refractivity contribution in [2.45, 2.75) is 19.3 Å².